The van der Waals surface area contributed by atoms with E-state index in [1.165, 1.54) is 0 Å². The lowest BCUT2D eigenvalue weighted by Gasteiger charge is -2.35. The summed E-state index contributed by atoms with van der Waals surface area (Å²) in [6.45, 7) is -1.35. The van der Waals surface area contributed by atoms with Gasteiger partial charge in [-0.25, -0.2) is 18.4 Å². The molecular weight excluding hydrogens is 338 g/mol. The predicted molar refractivity (Wildman–Crippen MR) is 74.8 cm³/mol. The second-order valence-corrected chi connectivity index (χ2v) is 5.88. The minimum absolute atomic E-state index is 0.0400. The quantitative estimate of drug-likeness (QED) is 0.744. The van der Waals surface area contributed by atoms with E-state index in [1.54, 1.807) is 0 Å². The van der Waals surface area contributed by atoms with Crippen molar-refractivity contribution in [2.24, 2.45) is 0 Å². The Kier molecular flexibility index (Phi) is 5.27. The van der Waals surface area contributed by atoms with Crippen molar-refractivity contribution in [1.82, 2.24) is 14.8 Å². The SMILES string of the molecule is OCCSC(F)(F)C(O)(Cn1cncn1)c1ccc(F)cc1F. The van der Waals surface area contributed by atoms with Gasteiger partial charge in [-0.3, -0.25) is 0 Å². The van der Waals surface area contributed by atoms with Crippen LogP contribution in [0.15, 0.2) is 30.9 Å². The number of benzene rings is 1. The molecule has 23 heavy (non-hydrogen) atoms. The van der Waals surface area contributed by atoms with E-state index in [0.717, 1.165) is 29.5 Å². The topological polar surface area (TPSA) is 71.2 Å². The molecule has 1 aromatic carbocycles. The molecule has 0 aliphatic rings. The van der Waals surface area contributed by atoms with E-state index in [2.05, 4.69) is 10.1 Å². The first-order chi connectivity index (χ1) is 10.8. The Hall–Kier alpha value is -1.65. The highest BCUT2D eigenvalue weighted by Crippen LogP contribution is 2.47. The summed E-state index contributed by atoms with van der Waals surface area (Å²) in [7, 11) is 0. The molecule has 0 amide bonds. The normalized spacial score (nSPS) is 14.7. The molecule has 1 atom stereocenters. The lowest BCUT2D eigenvalue weighted by Crippen LogP contribution is -2.47. The summed E-state index contributed by atoms with van der Waals surface area (Å²) in [6, 6.07) is 1.95. The second kappa shape index (κ2) is 6.85. The summed E-state index contributed by atoms with van der Waals surface area (Å²) in [5.74, 6) is -2.65. The Balaban J connectivity index is 2.49. The van der Waals surface area contributed by atoms with Gasteiger partial charge in [0.1, 0.15) is 24.3 Å². The van der Waals surface area contributed by atoms with Gasteiger partial charge in [-0.1, -0.05) is 11.8 Å². The first-order valence-electron chi connectivity index (χ1n) is 6.43. The molecule has 0 radical (unpaired) electrons. The Bertz CT molecular complexity index is 657. The van der Waals surface area contributed by atoms with Crippen molar-refractivity contribution in [3.8, 4) is 0 Å². The maximum atomic E-state index is 14.5. The van der Waals surface area contributed by atoms with Crippen LogP contribution in [-0.4, -0.2) is 42.6 Å². The molecule has 1 aromatic heterocycles. The van der Waals surface area contributed by atoms with Crippen molar-refractivity contribution in [2.75, 3.05) is 12.4 Å². The third kappa shape index (κ3) is 3.65. The number of nitrogens with zero attached hydrogens (tertiary/aromatic N) is 3. The van der Waals surface area contributed by atoms with Crippen LogP contribution in [0.2, 0.25) is 0 Å². The Labute approximate surface area is 133 Å². The molecule has 2 N–H and O–H groups in total. The number of aliphatic hydroxyl groups is 2. The van der Waals surface area contributed by atoms with Gasteiger partial charge in [-0.2, -0.15) is 13.9 Å². The number of aliphatic hydroxyl groups excluding tert-OH is 1. The van der Waals surface area contributed by atoms with E-state index < -0.39 is 41.2 Å². The molecule has 0 aliphatic carbocycles. The van der Waals surface area contributed by atoms with Gasteiger partial charge in [0.05, 0.1) is 13.2 Å². The lowest BCUT2D eigenvalue weighted by atomic mass is 9.93. The van der Waals surface area contributed by atoms with Crippen LogP contribution in [0.1, 0.15) is 5.56 Å². The zero-order valence-electron chi connectivity index (χ0n) is 11.7. The average Bonchev–Trinajstić information content (AvgIpc) is 2.97. The highest BCUT2D eigenvalue weighted by Gasteiger charge is 2.56. The molecule has 0 spiro atoms. The van der Waals surface area contributed by atoms with Gasteiger partial charge in [0, 0.05) is 17.4 Å². The van der Waals surface area contributed by atoms with Crippen LogP contribution in [-0.2, 0) is 12.1 Å². The zero-order valence-corrected chi connectivity index (χ0v) is 12.5. The van der Waals surface area contributed by atoms with Gasteiger partial charge in [0.25, 0.3) is 0 Å². The molecule has 1 heterocycles. The van der Waals surface area contributed by atoms with Crippen LogP contribution in [0.5, 0.6) is 0 Å². The van der Waals surface area contributed by atoms with Crippen LogP contribution < -0.4 is 0 Å². The van der Waals surface area contributed by atoms with Crippen molar-refractivity contribution in [3.05, 3.63) is 48.1 Å². The average molecular weight is 351 g/mol. The molecule has 0 aliphatic heterocycles. The van der Waals surface area contributed by atoms with E-state index in [4.69, 9.17) is 5.11 Å². The highest BCUT2D eigenvalue weighted by atomic mass is 32.2. The first-order valence-corrected chi connectivity index (χ1v) is 7.41. The maximum Gasteiger partial charge on any atom is 0.328 e. The monoisotopic (exact) mass is 351 g/mol. The molecule has 0 saturated carbocycles. The van der Waals surface area contributed by atoms with Gasteiger partial charge >= 0.3 is 5.25 Å². The van der Waals surface area contributed by atoms with Gasteiger partial charge in [-0.15, -0.1) is 0 Å². The summed E-state index contributed by atoms with van der Waals surface area (Å²) in [5, 5.41) is 19.1. The number of hydrogen-bond acceptors (Lipinski definition) is 5. The maximum absolute atomic E-state index is 14.5. The van der Waals surface area contributed by atoms with E-state index >= 15 is 0 Å². The lowest BCUT2D eigenvalue weighted by molar-refractivity contribution is -0.139. The Morgan fingerprint density at radius 2 is 2.00 bits per heavy atom. The van der Waals surface area contributed by atoms with Crippen LogP contribution in [0, 0.1) is 11.6 Å². The van der Waals surface area contributed by atoms with Crippen molar-refractivity contribution < 1.29 is 27.8 Å². The third-order valence-electron chi connectivity index (χ3n) is 3.09. The van der Waals surface area contributed by atoms with E-state index in [0.29, 0.717) is 6.07 Å². The van der Waals surface area contributed by atoms with Gasteiger partial charge in [0.15, 0.2) is 5.60 Å². The van der Waals surface area contributed by atoms with Crippen molar-refractivity contribution >= 4 is 11.8 Å². The fourth-order valence-electron chi connectivity index (χ4n) is 2.00. The van der Waals surface area contributed by atoms with Crippen molar-refractivity contribution in [3.63, 3.8) is 0 Å². The fraction of sp³-hybridized carbons (Fsp3) is 0.385. The molecule has 0 saturated heterocycles. The number of thioether (sulfide) groups is 1. The number of alkyl halides is 2. The molecular formula is C13H13F4N3O2S. The Morgan fingerprint density at radius 1 is 1.26 bits per heavy atom. The second-order valence-electron chi connectivity index (χ2n) is 4.67. The molecule has 5 nitrogen and oxygen atoms in total. The van der Waals surface area contributed by atoms with Crippen LogP contribution in [0.3, 0.4) is 0 Å². The molecule has 10 heteroatoms. The van der Waals surface area contributed by atoms with E-state index in [9.17, 15) is 22.7 Å². The predicted octanol–water partition coefficient (Wildman–Crippen LogP) is 1.76. The molecule has 2 aromatic rings. The summed E-state index contributed by atoms with van der Waals surface area (Å²) >= 11 is -0.0400. The standard InChI is InChI=1S/C13H13F4N3O2S/c14-9-1-2-10(11(15)5-9)12(22,6-20-8-18-7-19-20)13(16,17)23-4-3-21/h1-2,5,7-8,21-22H,3-4,6H2. The van der Waals surface area contributed by atoms with E-state index in [-0.39, 0.29) is 17.5 Å². The molecule has 0 bridgehead atoms. The zero-order chi connectivity index (χ0) is 17.1. The summed E-state index contributed by atoms with van der Waals surface area (Å²) < 4.78 is 56.9. The minimum atomic E-state index is -3.87. The van der Waals surface area contributed by atoms with Crippen molar-refractivity contribution in [1.29, 1.82) is 0 Å². The number of aromatic nitrogens is 3. The minimum Gasteiger partial charge on any atom is -0.396 e. The third-order valence-corrected chi connectivity index (χ3v) is 4.18. The van der Waals surface area contributed by atoms with Crippen LogP contribution in [0.25, 0.3) is 0 Å². The smallest absolute Gasteiger partial charge is 0.328 e. The fourth-order valence-corrected chi connectivity index (χ4v) is 2.76. The summed E-state index contributed by atoms with van der Waals surface area (Å²) in [4.78, 5) is 3.58. The number of rotatable bonds is 7. The largest absolute Gasteiger partial charge is 0.396 e. The van der Waals surface area contributed by atoms with Crippen molar-refractivity contribution in [2.45, 2.75) is 17.4 Å². The van der Waals surface area contributed by atoms with Gasteiger partial charge < -0.3 is 10.2 Å². The molecule has 0 fully saturated rings. The molecule has 126 valence electrons. The molecule has 1 unspecified atom stereocenters. The summed E-state index contributed by atoms with van der Waals surface area (Å²) in [6.07, 6.45) is 2.15. The molecule has 2 rings (SSSR count). The number of halogens is 4. The summed E-state index contributed by atoms with van der Waals surface area (Å²) in [5.41, 5.74) is -3.79. The first kappa shape index (κ1) is 17.7. The van der Waals surface area contributed by atoms with Gasteiger partial charge in [-0.05, 0) is 12.1 Å². The van der Waals surface area contributed by atoms with Crippen LogP contribution in [0.4, 0.5) is 17.6 Å². The van der Waals surface area contributed by atoms with Gasteiger partial charge in [0.2, 0.25) is 0 Å². The highest BCUT2D eigenvalue weighted by molar-refractivity contribution is 8.00. The van der Waals surface area contributed by atoms with E-state index in [1.807, 2.05) is 0 Å². The number of hydrogen-bond donors (Lipinski definition) is 2. The van der Waals surface area contributed by atoms with Crippen LogP contribution >= 0.6 is 11.8 Å². The Morgan fingerprint density at radius 3 is 2.57 bits per heavy atom.